The minimum atomic E-state index is 0.133. The van der Waals surface area contributed by atoms with E-state index in [1.165, 1.54) is 5.56 Å². The molecule has 1 heteroatoms. The van der Waals surface area contributed by atoms with E-state index in [0.717, 1.165) is 22.3 Å². The molecule has 1 aliphatic carbocycles. The molecule has 3 aromatic carbocycles. The van der Waals surface area contributed by atoms with Crippen molar-refractivity contribution >= 4 is 5.78 Å². The first kappa shape index (κ1) is 12.1. The quantitative estimate of drug-likeness (QED) is 0.500. The van der Waals surface area contributed by atoms with Crippen LogP contribution in [0.5, 0.6) is 0 Å². The molecule has 0 amide bonds. The number of carbonyl (C=O) groups excluding carboxylic acids is 1. The molecular weight excluding hydrogens is 256 g/mol. The number of benzene rings is 3. The number of ketones is 1. The zero-order valence-electron chi connectivity index (χ0n) is 11.5. The summed E-state index contributed by atoms with van der Waals surface area (Å²) >= 11 is 0. The molecule has 0 atom stereocenters. The maximum Gasteiger partial charge on any atom is 0.193 e. The number of fused-ring (bicyclic) bond motifs is 2. The predicted octanol–water partition coefficient (Wildman–Crippen LogP) is 4.41. The molecule has 0 aromatic heterocycles. The van der Waals surface area contributed by atoms with Crippen molar-refractivity contribution in [2.75, 3.05) is 0 Å². The molecule has 0 bridgehead atoms. The Hall–Kier alpha value is -2.67. The Morgan fingerprint density at radius 2 is 1.05 bits per heavy atom. The molecule has 0 heterocycles. The highest BCUT2D eigenvalue weighted by molar-refractivity contribution is 6.13. The van der Waals surface area contributed by atoms with Crippen LogP contribution in [0.25, 0.3) is 0 Å². The van der Waals surface area contributed by atoms with Crippen LogP contribution in [0.3, 0.4) is 0 Å². The van der Waals surface area contributed by atoms with Crippen LogP contribution in [0.15, 0.2) is 78.9 Å². The summed E-state index contributed by atoms with van der Waals surface area (Å²) in [6.45, 7) is 0. The summed E-state index contributed by atoms with van der Waals surface area (Å²) < 4.78 is 0. The van der Waals surface area contributed by atoms with Gasteiger partial charge in [-0.2, -0.15) is 0 Å². The van der Waals surface area contributed by atoms with Gasteiger partial charge < -0.3 is 0 Å². The minimum absolute atomic E-state index is 0.133. The third-order valence-electron chi connectivity index (χ3n) is 4.17. The third kappa shape index (κ3) is 1.82. The second kappa shape index (κ2) is 4.71. The molecule has 0 spiro atoms. The van der Waals surface area contributed by atoms with Gasteiger partial charge in [-0.1, -0.05) is 78.9 Å². The molecule has 0 fully saturated rings. The molecule has 0 saturated heterocycles. The topological polar surface area (TPSA) is 17.1 Å². The fourth-order valence-electron chi connectivity index (χ4n) is 3.23. The lowest BCUT2D eigenvalue weighted by molar-refractivity contribution is 0.103. The van der Waals surface area contributed by atoms with E-state index < -0.39 is 0 Å². The Labute approximate surface area is 123 Å². The van der Waals surface area contributed by atoms with Gasteiger partial charge in [-0.05, 0) is 16.7 Å². The van der Waals surface area contributed by atoms with Gasteiger partial charge >= 0.3 is 0 Å². The van der Waals surface area contributed by atoms with Gasteiger partial charge in [0, 0.05) is 17.0 Å². The van der Waals surface area contributed by atoms with Crippen LogP contribution in [0.1, 0.15) is 38.5 Å². The van der Waals surface area contributed by atoms with Crippen LogP contribution >= 0.6 is 0 Å². The monoisotopic (exact) mass is 270 g/mol. The van der Waals surface area contributed by atoms with E-state index in [9.17, 15) is 4.79 Å². The van der Waals surface area contributed by atoms with E-state index in [4.69, 9.17) is 0 Å². The molecule has 1 aliphatic rings. The average molecular weight is 270 g/mol. The first-order chi connectivity index (χ1) is 10.4. The molecule has 0 radical (unpaired) electrons. The van der Waals surface area contributed by atoms with Crippen molar-refractivity contribution < 1.29 is 4.79 Å². The minimum Gasteiger partial charge on any atom is -0.289 e. The Kier molecular flexibility index (Phi) is 2.71. The highest BCUT2D eigenvalue weighted by Gasteiger charge is 2.31. The predicted molar refractivity (Wildman–Crippen MR) is 83.7 cm³/mol. The SMILES string of the molecule is O=C1c2ccccc2C(c2ccccc2)c2ccccc21. The Morgan fingerprint density at radius 1 is 0.571 bits per heavy atom. The normalized spacial score (nSPS) is 13.6. The Morgan fingerprint density at radius 3 is 1.62 bits per heavy atom. The smallest absolute Gasteiger partial charge is 0.193 e. The van der Waals surface area contributed by atoms with Crippen LogP contribution in [0.4, 0.5) is 0 Å². The Balaban J connectivity index is 2.03. The average Bonchev–Trinajstić information content (AvgIpc) is 2.56. The first-order valence-corrected chi connectivity index (χ1v) is 7.14. The summed E-state index contributed by atoms with van der Waals surface area (Å²) in [7, 11) is 0. The number of carbonyl (C=O) groups is 1. The van der Waals surface area contributed by atoms with Crippen molar-refractivity contribution in [3.8, 4) is 0 Å². The van der Waals surface area contributed by atoms with Crippen molar-refractivity contribution in [3.05, 3.63) is 107 Å². The van der Waals surface area contributed by atoms with Crippen molar-refractivity contribution in [3.63, 3.8) is 0 Å². The van der Waals surface area contributed by atoms with E-state index in [1.54, 1.807) is 0 Å². The molecule has 100 valence electrons. The van der Waals surface area contributed by atoms with Gasteiger partial charge in [-0.25, -0.2) is 0 Å². The van der Waals surface area contributed by atoms with Gasteiger partial charge in [0.2, 0.25) is 0 Å². The molecule has 4 rings (SSSR count). The van der Waals surface area contributed by atoms with E-state index in [1.807, 2.05) is 42.5 Å². The fourth-order valence-corrected chi connectivity index (χ4v) is 3.23. The molecule has 0 aliphatic heterocycles. The molecule has 21 heavy (non-hydrogen) atoms. The van der Waals surface area contributed by atoms with Crippen LogP contribution < -0.4 is 0 Å². The number of hydrogen-bond acceptors (Lipinski definition) is 1. The summed E-state index contributed by atoms with van der Waals surface area (Å²) in [4.78, 5) is 12.7. The lowest BCUT2D eigenvalue weighted by atomic mass is 9.74. The van der Waals surface area contributed by atoms with Gasteiger partial charge in [-0.15, -0.1) is 0 Å². The van der Waals surface area contributed by atoms with E-state index in [2.05, 4.69) is 36.4 Å². The van der Waals surface area contributed by atoms with Crippen LogP contribution in [-0.2, 0) is 0 Å². The second-order valence-corrected chi connectivity index (χ2v) is 5.35. The number of rotatable bonds is 1. The van der Waals surface area contributed by atoms with Crippen molar-refractivity contribution in [2.45, 2.75) is 5.92 Å². The summed E-state index contributed by atoms with van der Waals surface area (Å²) in [5.41, 5.74) is 5.08. The van der Waals surface area contributed by atoms with Crippen LogP contribution in [0.2, 0.25) is 0 Å². The van der Waals surface area contributed by atoms with Gasteiger partial charge in [0.05, 0.1) is 0 Å². The fraction of sp³-hybridized carbons (Fsp3) is 0.0500. The lowest BCUT2D eigenvalue weighted by Gasteiger charge is -2.27. The summed E-state index contributed by atoms with van der Waals surface area (Å²) in [5.74, 6) is 0.268. The maximum atomic E-state index is 12.7. The lowest BCUT2D eigenvalue weighted by Crippen LogP contribution is -2.20. The second-order valence-electron chi connectivity index (χ2n) is 5.35. The Bertz CT molecular complexity index is 769. The molecule has 0 N–H and O–H groups in total. The highest BCUT2D eigenvalue weighted by Crippen LogP contribution is 2.40. The highest BCUT2D eigenvalue weighted by atomic mass is 16.1. The zero-order valence-corrected chi connectivity index (χ0v) is 11.5. The molecule has 1 nitrogen and oxygen atoms in total. The molecule has 3 aromatic rings. The van der Waals surface area contributed by atoms with Crippen molar-refractivity contribution in [2.24, 2.45) is 0 Å². The van der Waals surface area contributed by atoms with Gasteiger partial charge in [0.25, 0.3) is 0 Å². The molecule has 0 unspecified atom stereocenters. The number of hydrogen-bond donors (Lipinski definition) is 0. The summed E-state index contributed by atoms with van der Waals surface area (Å²) in [6.07, 6.45) is 0. The molecule has 0 saturated carbocycles. The molecular formula is C20H14O. The van der Waals surface area contributed by atoms with Crippen molar-refractivity contribution in [1.29, 1.82) is 0 Å². The standard InChI is InChI=1S/C20H14O/c21-20-17-12-6-4-10-15(17)19(14-8-2-1-3-9-14)16-11-5-7-13-18(16)20/h1-13,19H. The van der Waals surface area contributed by atoms with Crippen molar-refractivity contribution in [1.82, 2.24) is 0 Å². The van der Waals surface area contributed by atoms with E-state index in [0.29, 0.717) is 0 Å². The largest absolute Gasteiger partial charge is 0.289 e. The van der Waals surface area contributed by atoms with Gasteiger partial charge in [-0.3, -0.25) is 4.79 Å². The van der Waals surface area contributed by atoms with Gasteiger partial charge in [0.1, 0.15) is 0 Å². The maximum absolute atomic E-state index is 12.7. The van der Waals surface area contributed by atoms with Crippen LogP contribution in [-0.4, -0.2) is 5.78 Å². The van der Waals surface area contributed by atoms with Crippen LogP contribution in [0, 0.1) is 0 Å². The zero-order chi connectivity index (χ0) is 14.2. The van der Waals surface area contributed by atoms with Gasteiger partial charge in [0.15, 0.2) is 5.78 Å². The summed E-state index contributed by atoms with van der Waals surface area (Å²) in [6, 6.07) is 26.3. The van der Waals surface area contributed by atoms with E-state index >= 15 is 0 Å². The summed E-state index contributed by atoms with van der Waals surface area (Å²) in [5, 5.41) is 0. The van der Waals surface area contributed by atoms with E-state index in [-0.39, 0.29) is 11.7 Å². The first-order valence-electron chi connectivity index (χ1n) is 7.14. The third-order valence-corrected chi connectivity index (χ3v) is 4.17.